The maximum atomic E-state index is 10.3. The maximum absolute atomic E-state index is 10.3. The van der Waals surface area contributed by atoms with E-state index in [2.05, 4.69) is 26.5 Å². The minimum absolute atomic E-state index is 0.433. The van der Waals surface area contributed by atoms with Crippen molar-refractivity contribution in [2.45, 2.75) is 20.8 Å². The Morgan fingerprint density at radius 1 is 1.60 bits per heavy atom. The molecule has 0 bridgehead atoms. The summed E-state index contributed by atoms with van der Waals surface area (Å²) in [5, 5.41) is 0. The Kier molecular flexibility index (Phi) is 4.45. The summed E-state index contributed by atoms with van der Waals surface area (Å²) in [6.07, 6.45) is 0.894. The second-order valence-electron chi connectivity index (χ2n) is 2.64. The van der Waals surface area contributed by atoms with Gasteiger partial charge in [-0.1, -0.05) is 19.4 Å². The van der Waals surface area contributed by atoms with Crippen LogP contribution in [-0.4, -0.2) is 12.0 Å². The van der Waals surface area contributed by atoms with Crippen molar-refractivity contribution < 1.29 is 4.79 Å². The number of hydrogen-bond donors (Lipinski definition) is 1. The summed E-state index contributed by atoms with van der Waals surface area (Å²) in [6, 6.07) is 0. The lowest BCUT2D eigenvalue weighted by Gasteiger charge is -2.08. The highest BCUT2D eigenvalue weighted by Gasteiger charge is 2.03. The summed E-state index contributed by atoms with van der Waals surface area (Å²) in [5.74, 6) is 1.12. The molecule has 0 saturated carbocycles. The molecule has 0 aromatic rings. The second-order valence-corrected chi connectivity index (χ2v) is 2.96. The predicted octanol–water partition coefficient (Wildman–Crippen LogP) is 2.09. The molecule has 10 heavy (non-hydrogen) atoms. The van der Waals surface area contributed by atoms with E-state index >= 15 is 0 Å². The zero-order chi connectivity index (χ0) is 8.15. The normalized spacial score (nSPS) is 13.3. The highest BCUT2D eigenvalue weighted by atomic mass is 32.1. The van der Waals surface area contributed by atoms with Crippen LogP contribution in [0.5, 0.6) is 0 Å². The summed E-state index contributed by atoms with van der Waals surface area (Å²) < 4.78 is 0. The fourth-order valence-electron chi connectivity index (χ4n) is 0.838. The first-order chi connectivity index (χ1) is 4.63. The van der Waals surface area contributed by atoms with E-state index in [9.17, 15) is 4.79 Å². The van der Waals surface area contributed by atoms with Crippen molar-refractivity contribution in [3.8, 4) is 0 Å². The van der Waals surface area contributed by atoms with Crippen LogP contribution in [0.4, 0.5) is 0 Å². The summed E-state index contributed by atoms with van der Waals surface area (Å²) >= 11 is 4.13. The quantitative estimate of drug-likeness (QED) is 0.378. The second kappa shape index (κ2) is 4.56. The standard InChI is InChI=1S/C8H14OS/c1-6(2)8(5-10)7(3)4-9/h4,6,10H,5H2,1-3H3. The van der Waals surface area contributed by atoms with Gasteiger partial charge in [-0.3, -0.25) is 4.79 Å². The van der Waals surface area contributed by atoms with Gasteiger partial charge in [-0.25, -0.2) is 0 Å². The van der Waals surface area contributed by atoms with Gasteiger partial charge in [-0.05, 0) is 18.4 Å². The van der Waals surface area contributed by atoms with E-state index in [0.717, 1.165) is 17.4 Å². The summed E-state index contributed by atoms with van der Waals surface area (Å²) in [6.45, 7) is 5.97. The molecule has 0 aliphatic carbocycles. The van der Waals surface area contributed by atoms with Crippen LogP contribution in [0.2, 0.25) is 0 Å². The predicted molar refractivity (Wildman–Crippen MR) is 47.5 cm³/mol. The van der Waals surface area contributed by atoms with Gasteiger partial charge in [0.05, 0.1) is 0 Å². The molecule has 0 aliphatic rings. The van der Waals surface area contributed by atoms with Crippen LogP contribution in [0.25, 0.3) is 0 Å². The van der Waals surface area contributed by atoms with E-state index in [1.165, 1.54) is 0 Å². The molecule has 0 saturated heterocycles. The molecule has 0 heterocycles. The Bertz CT molecular complexity index is 147. The van der Waals surface area contributed by atoms with E-state index in [4.69, 9.17) is 0 Å². The molecule has 0 aromatic carbocycles. The third-order valence-corrected chi connectivity index (χ3v) is 1.89. The van der Waals surface area contributed by atoms with Crippen LogP contribution < -0.4 is 0 Å². The van der Waals surface area contributed by atoms with Crippen molar-refractivity contribution in [2.24, 2.45) is 5.92 Å². The summed E-state index contributed by atoms with van der Waals surface area (Å²) in [7, 11) is 0. The number of carbonyl (C=O) groups excluding carboxylic acids is 1. The molecule has 58 valence electrons. The molecule has 0 rings (SSSR count). The van der Waals surface area contributed by atoms with Crippen molar-refractivity contribution >= 4 is 18.9 Å². The highest BCUT2D eigenvalue weighted by molar-refractivity contribution is 7.80. The number of allylic oxidation sites excluding steroid dienone is 1. The van der Waals surface area contributed by atoms with E-state index in [-0.39, 0.29) is 0 Å². The van der Waals surface area contributed by atoms with Gasteiger partial charge in [0.2, 0.25) is 0 Å². The van der Waals surface area contributed by atoms with Crippen LogP contribution in [0.1, 0.15) is 20.8 Å². The van der Waals surface area contributed by atoms with Crippen molar-refractivity contribution in [1.82, 2.24) is 0 Å². The van der Waals surface area contributed by atoms with Gasteiger partial charge in [0.1, 0.15) is 6.29 Å². The number of hydrogen-bond acceptors (Lipinski definition) is 2. The van der Waals surface area contributed by atoms with Crippen molar-refractivity contribution in [2.75, 3.05) is 5.75 Å². The third kappa shape index (κ3) is 2.56. The molecule has 0 aliphatic heterocycles. The van der Waals surface area contributed by atoms with E-state index in [0.29, 0.717) is 11.7 Å². The molecular weight excluding hydrogens is 144 g/mol. The molecule has 0 spiro atoms. The minimum atomic E-state index is 0.433. The van der Waals surface area contributed by atoms with E-state index in [1.807, 2.05) is 6.92 Å². The van der Waals surface area contributed by atoms with Gasteiger partial charge in [-0.15, -0.1) is 0 Å². The summed E-state index contributed by atoms with van der Waals surface area (Å²) in [4.78, 5) is 10.3. The van der Waals surface area contributed by atoms with Crippen molar-refractivity contribution in [3.05, 3.63) is 11.1 Å². The van der Waals surface area contributed by atoms with Crippen molar-refractivity contribution in [3.63, 3.8) is 0 Å². The monoisotopic (exact) mass is 158 g/mol. The highest BCUT2D eigenvalue weighted by Crippen LogP contribution is 2.14. The fourth-order valence-corrected chi connectivity index (χ4v) is 1.45. The smallest absolute Gasteiger partial charge is 0.145 e. The molecule has 0 atom stereocenters. The SMILES string of the molecule is CC(C=O)=C(CS)C(C)C. The molecule has 1 nitrogen and oxygen atoms in total. The van der Waals surface area contributed by atoms with E-state index in [1.54, 1.807) is 0 Å². The van der Waals surface area contributed by atoms with E-state index < -0.39 is 0 Å². The zero-order valence-electron chi connectivity index (χ0n) is 6.72. The van der Waals surface area contributed by atoms with Crippen LogP contribution >= 0.6 is 12.6 Å². The molecular formula is C8H14OS. The summed E-state index contributed by atoms with van der Waals surface area (Å²) in [5.41, 5.74) is 1.96. The number of carbonyl (C=O) groups is 1. The maximum Gasteiger partial charge on any atom is 0.145 e. The Morgan fingerprint density at radius 2 is 2.10 bits per heavy atom. The van der Waals surface area contributed by atoms with Gasteiger partial charge < -0.3 is 0 Å². The molecule has 0 unspecified atom stereocenters. The average molecular weight is 158 g/mol. The van der Waals surface area contributed by atoms with Gasteiger partial charge in [-0.2, -0.15) is 12.6 Å². The van der Waals surface area contributed by atoms with Gasteiger partial charge in [0.15, 0.2) is 0 Å². The number of rotatable bonds is 3. The van der Waals surface area contributed by atoms with Gasteiger partial charge in [0, 0.05) is 5.75 Å². The van der Waals surface area contributed by atoms with Crippen LogP contribution in [-0.2, 0) is 4.79 Å². The fraction of sp³-hybridized carbons (Fsp3) is 0.625. The molecule has 0 radical (unpaired) electrons. The first-order valence-electron chi connectivity index (χ1n) is 3.39. The molecule has 0 fully saturated rings. The third-order valence-electron chi connectivity index (χ3n) is 1.55. The van der Waals surface area contributed by atoms with Gasteiger partial charge in [0.25, 0.3) is 0 Å². The van der Waals surface area contributed by atoms with Crippen LogP contribution in [0.3, 0.4) is 0 Å². The molecule has 0 amide bonds. The lowest BCUT2D eigenvalue weighted by molar-refractivity contribution is -0.104. The van der Waals surface area contributed by atoms with Crippen LogP contribution in [0.15, 0.2) is 11.1 Å². The lowest BCUT2D eigenvalue weighted by Crippen LogP contribution is -2.00. The first kappa shape index (κ1) is 9.76. The van der Waals surface area contributed by atoms with Gasteiger partial charge >= 0.3 is 0 Å². The molecule has 2 heteroatoms. The Balaban J connectivity index is 4.45. The van der Waals surface area contributed by atoms with Crippen LogP contribution in [0, 0.1) is 5.92 Å². The lowest BCUT2D eigenvalue weighted by atomic mass is 10.0. The number of aldehydes is 1. The minimum Gasteiger partial charge on any atom is -0.298 e. The molecule has 0 aromatic heterocycles. The Hall–Kier alpha value is -0.240. The number of thiol groups is 1. The average Bonchev–Trinajstić information content (AvgIpc) is 1.88. The topological polar surface area (TPSA) is 17.1 Å². The molecule has 0 N–H and O–H groups in total. The Labute approximate surface area is 67.9 Å². The Morgan fingerprint density at radius 3 is 2.20 bits per heavy atom. The zero-order valence-corrected chi connectivity index (χ0v) is 7.61. The first-order valence-corrected chi connectivity index (χ1v) is 4.02. The largest absolute Gasteiger partial charge is 0.298 e. The van der Waals surface area contributed by atoms with Crippen molar-refractivity contribution in [1.29, 1.82) is 0 Å².